The third kappa shape index (κ3) is 2.88. The number of alkyl halides is 1. The fourth-order valence-corrected chi connectivity index (χ4v) is 1.69. The lowest BCUT2D eigenvalue weighted by atomic mass is 10.2. The molecule has 0 bridgehead atoms. The summed E-state index contributed by atoms with van der Waals surface area (Å²) in [4.78, 5) is 4.63. The first kappa shape index (κ1) is 12.2. The van der Waals surface area contributed by atoms with Crippen LogP contribution in [0.25, 0.3) is 10.9 Å². The van der Waals surface area contributed by atoms with Crippen molar-refractivity contribution < 1.29 is 9.47 Å². The zero-order chi connectivity index (χ0) is 12.3. The van der Waals surface area contributed by atoms with Gasteiger partial charge in [0.15, 0.2) is 0 Å². The molecule has 2 aromatic rings. The highest BCUT2D eigenvalue weighted by Gasteiger charge is 2.05. The van der Waals surface area contributed by atoms with E-state index in [-0.39, 0.29) is 0 Å². The molecule has 1 heterocycles. The Bertz CT molecular complexity index is 514. The van der Waals surface area contributed by atoms with Gasteiger partial charge in [-0.1, -0.05) is 15.9 Å². The molecule has 3 nitrogen and oxygen atoms in total. The standard InChI is InChI=1S/C13H14BrNO2/c1-9(14)8-17-13-5-6-15-12-7-10(16-2)3-4-11(12)13/h3-7,9H,8H2,1-2H3. The van der Waals surface area contributed by atoms with Gasteiger partial charge >= 0.3 is 0 Å². The Balaban J connectivity index is 2.36. The molecule has 4 heteroatoms. The largest absolute Gasteiger partial charge is 0.497 e. The van der Waals surface area contributed by atoms with Gasteiger partial charge in [-0.3, -0.25) is 4.98 Å². The Labute approximate surface area is 109 Å². The molecule has 90 valence electrons. The van der Waals surface area contributed by atoms with E-state index in [1.165, 1.54) is 0 Å². The first-order valence-corrected chi connectivity index (χ1v) is 6.32. The van der Waals surface area contributed by atoms with Gasteiger partial charge in [-0.05, 0) is 25.1 Å². The number of hydrogen-bond acceptors (Lipinski definition) is 3. The minimum Gasteiger partial charge on any atom is -0.497 e. The van der Waals surface area contributed by atoms with Crippen molar-refractivity contribution in [3.05, 3.63) is 30.5 Å². The Morgan fingerprint density at radius 1 is 1.35 bits per heavy atom. The van der Waals surface area contributed by atoms with E-state index < -0.39 is 0 Å². The molecule has 0 aliphatic carbocycles. The van der Waals surface area contributed by atoms with Crippen LogP contribution in [0.5, 0.6) is 11.5 Å². The maximum absolute atomic E-state index is 5.73. The highest BCUT2D eigenvalue weighted by atomic mass is 79.9. The van der Waals surface area contributed by atoms with Crippen LogP contribution >= 0.6 is 15.9 Å². The predicted octanol–water partition coefficient (Wildman–Crippen LogP) is 3.41. The van der Waals surface area contributed by atoms with Gasteiger partial charge in [0.25, 0.3) is 0 Å². The van der Waals surface area contributed by atoms with Gasteiger partial charge in [0.1, 0.15) is 18.1 Å². The summed E-state index contributed by atoms with van der Waals surface area (Å²) in [7, 11) is 1.65. The second-order valence-corrected chi connectivity index (χ2v) is 5.35. The van der Waals surface area contributed by atoms with Crippen LogP contribution in [0.3, 0.4) is 0 Å². The highest BCUT2D eigenvalue weighted by Crippen LogP contribution is 2.27. The van der Waals surface area contributed by atoms with Gasteiger partial charge in [-0.2, -0.15) is 0 Å². The molecule has 0 saturated carbocycles. The maximum Gasteiger partial charge on any atom is 0.130 e. The average molecular weight is 296 g/mol. The van der Waals surface area contributed by atoms with Gasteiger partial charge in [-0.15, -0.1) is 0 Å². The van der Waals surface area contributed by atoms with Gasteiger partial charge in [0, 0.05) is 22.5 Å². The number of rotatable bonds is 4. The van der Waals surface area contributed by atoms with Crippen LogP contribution in [0, 0.1) is 0 Å². The molecule has 0 radical (unpaired) electrons. The summed E-state index contributed by atoms with van der Waals surface area (Å²) < 4.78 is 10.9. The number of aromatic nitrogens is 1. The molecule has 2 rings (SSSR count). The van der Waals surface area contributed by atoms with Crippen molar-refractivity contribution in [2.45, 2.75) is 11.8 Å². The fraction of sp³-hybridized carbons (Fsp3) is 0.308. The molecular weight excluding hydrogens is 282 g/mol. The van der Waals surface area contributed by atoms with Gasteiger partial charge in [0.05, 0.1) is 12.6 Å². The molecule has 1 unspecified atom stereocenters. The van der Waals surface area contributed by atoms with Crippen molar-refractivity contribution in [2.24, 2.45) is 0 Å². The zero-order valence-electron chi connectivity index (χ0n) is 9.81. The van der Waals surface area contributed by atoms with E-state index in [2.05, 4.69) is 20.9 Å². The van der Waals surface area contributed by atoms with Crippen molar-refractivity contribution in [2.75, 3.05) is 13.7 Å². The first-order valence-electron chi connectivity index (χ1n) is 5.40. The van der Waals surface area contributed by atoms with E-state index in [1.54, 1.807) is 13.3 Å². The molecule has 0 saturated heterocycles. The minimum atomic E-state index is 0.323. The van der Waals surface area contributed by atoms with Crippen LogP contribution in [0.1, 0.15) is 6.92 Å². The number of ether oxygens (including phenoxy) is 2. The van der Waals surface area contributed by atoms with E-state index in [0.717, 1.165) is 22.4 Å². The van der Waals surface area contributed by atoms with Crippen molar-refractivity contribution in [1.29, 1.82) is 0 Å². The summed E-state index contributed by atoms with van der Waals surface area (Å²) in [5.41, 5.74) is 0.879. The van der Waals surface area contributed by atoms with Crippen LogP contribution in [-0.2, 0) is 0 Å². The van der Waals surface area contributed by atoms with Gasteiger partial charge < -0.3 is 9.47 Å². The van der Waals surface area contributed by atoms with Crippen LogP contribution in [0.15, 0.2) is 30.5 Å². The maximum atomic E-state index is 5.73. The Kier molecular flexibility index (Phi) is 3.84. The molecule has 1 aromatic heterocycles. The normalized spacial score (nSPS) is 12.4. The lowest BCUT2D eigenvalue weighted by Crippen LogP contribution is -2.07. The Morgan fingerprint density at radius 2 is 2.18 bits per heavy atom. The Hall–Kier alpha value is -1.29. The number of fused-ring (bicyclic) bond motifs is 1. The monoisotopic (exact) mass is 295 g/mol. The summed E-state index contributed by atoms with van der Waals surface area (Å²) in [6, 6.07) is 7.66. The third-order valence-electron chi connectivity index (χ3n) is 2.38. The number of halogens is 1. The minimum absolute atomic E-state index is 0.323. The number of benzene rings is 1. The van der Waals surface area contributed by atoms with Crippen LogP contribution in [0.2, 0.25) is 0 Å². The van der Waals surface area contributed by atoms with Crippen molar-refractivity contribution >= 4 is 26.8 Å². The lowest BCUT2D eigenvalue weighted by molar-refractivity contribution is 0.327. The molecule has 1 atom stereocenters. The lowest BCUT2D eigenvalue weighted by Gasteiger charge is -2.10. The van der Waals surface area contributed by atoms with Crippen molar-refractivity contribution in [3.63, 3.8) is 0 Å². The van der Waals surface area contributed by atoms with Gasteiger partial charge in [-0.25, -0.2) is 0 Å². The number of pyridine rings is 1. The van der Waals surface area contributed by atoms with Crippen LogP contribution in [0.4, 0.5) is 0 Å². The van der Waals surface area contributed by atoms with Crippen LogP contribution < -0.4 is 9.47 Å². The molecule has 1 aromatic carbocycles. The molecule has 0 spiro atoms. The SMILES string of the molecule is COc1ccc2c(OCC(C)Br)ccnc2c1. The topological polar surface area (TPSA) is 31.4 Å². The van der Waals surface area contributed by atoms with E-state index in [9.17, 15) is 0 Å². The summed E-state index contributed by atoms with van der Waals surface area (Å²) in [6.45, 7) is 2.68. The van der Waals surface area contributed by atoms with E-state index >= 15 is 0 Å². The van der Waals surface area contributed by atoms with Crippen molar-refractivity contribution in [3.8, 4) is 11.5 Å². The van der Waals surface area contributed by atoms with Gasteiger partial charge in [0.2, 0.25) is 0 Å². The van der Waals surface area contributed by atoms with E-state index in [1.807, 2.05) is 31.2 Å². The molecular formula is C13H14BrNO2. The van der Waals surface area contributed by atoms with Crippen molar-refractivity contribution in [1.82, 2.24) is 4.98 Å². The summed E-state index contributed by atoms with van der Waals surface area (Å²) in [5, 5.41) is 1.00. The highest BCUT2D eigenvalue weighted by molar-refractivity contribution is 9.09. The summed E-state index contributed by atoms with van der Waals surface area (Å²) >= 11 is 3.46. The number of methoxy groups -OCH3 is 1. The van der Waals surface area contributed by atoms with E-state index in [4.69, 9.17) is 9.47 Å². The Morgan fingerprint density at radius 3 is 2.88 bits per heavy atom. The van der Waals surface area contributed by atoms with Crippen LogP contribution in [-0.4, -0.2) is 23.5 Å². The second-order valence-electron chi connectivity index (χ2n) is 3.78. The predicted molar refractivity (Wildman–Crippen MR) is 72.2 cm³/mol. The quantitative estimate of drug-likeness (QED) is 0.810. The molecule has 0 aliphatic rings. The van der Waals surface area contributed by atoms with E-state index in [0.29, 0.717) is 11.4 Å². The number of hydrogen-bond donors (Lipinski definition) is 0. The summed E-state index contributed by atoms with van der Waals surface area (Å²) in [5.74, 6) is 1.65. The first-order chi connectivity index (χ1) is 8.20. The second kappa shape index (κ2) is 5.36. The average Bonchev–Trinajstić information content (AvgIpc) is 2.35. The zero-order valence-corrected chi connectivity index (χ0v) is 11.4. The number of nitrogens with zero attached hydrogens (tertiary/aromatic N) is 1. The molecule has 17 heavy (non-hydrogen) atoms. The molecule has 0 amide bonds. The fourth-order valence-electron chi connectivity index (χ4n) is 1.56. The summed E-state index contributed by atoms with van der Waals surface area (Å²) in [6.07, 6.45) is 1.75. The smallest absolute Gasteiger partial charge is 0.130 e. The molecule has 0 fully saturated rings. The molecule has 0 N–H and O–H groups in total. The third-order valence-corrected chi connectivity index (χ3v) is 2.64. The molecule has 0 aliphatic heterocycles.